The summed E-state index contributed by atoms with van der Waals surface area (Å²) in [4.78, 5) is 33.1. The number of para-hydroxylation sites is 1. The van der Waals surface area contributed by atoms with Gasteiger partial charge in [0, 0.05) is 24.0 Å². The van der Waals surface area contributed by atoms with Crippen LogP contribution in [0.25, 0.3) is 22.2 Å². The molecule has 0 saturated carbocycles. The van der Waals surface area contributed by atoms with Crippen molar-refractivity contribution in [2.45, 2.75) is 13.1 Å². The molecule has 0 N–H and O–H groups in total. The van der Waals surface area contributed by atoms with Gasteiger partial charge in [-0.15, -0.1) is 0 Å². The molecule has 39 heavy (non-hydrogen) atoms. The Kier molecular flexibility index (Phi) is 7.93. The van der Waals surface area contributed by atoms with E-state index in [4.69, 9.17) is 14.5 Å². The number of carbonyl (C=O) groups excluding carboxylic acids is 2. The predicted molar refractivity (Wildman–Crippen MR) is 151 cm³/mol. The number of fused-ring (bicyclic) bond motifs is 1. The van der Waals surface area contributed by atoms with Crippen LogP contribution in [0.3, 0.4) is 0 Å². The van der Waals surface area contributed by atoms with E-state index in [9.17, 15) is 9.59 Å². The first-order valence-corrected chi connectivity index (χ1v) is 12.7. The maximum Gasteiger partial charge on any atom is 0.339 e. The van der Waals surface area contributed by atoms with Crippen molar-refractivity contribution >= 4 is 22.8 Å². The van der Waals surface area contributed by atoms with Crippen molar-refractivity contribution in [3.8, 4) is 17.0 Å². The first kappa shape index (κ1) is 25.7. The second-order valence-electron chi connectivity index (χ2n) is 9.10. The fraction of sp³-hybridized carbons (Fsp3) is 0.121. The number of hydrogen-bond acceptors (Lipinski definition) is 5. The number of pyridine rings is 1. The van der Waals surface area contributed by atoms with Gasteiger partial charge in [-0.3, -0.25) is 4.79 Å². The Balaban J connectivity index is 1.37. The summed E-state index contributed by atoms with van der Waals surface area (Å²) >= 11 is 0. The zero-order valence-corrected chi connectivity index (χ0v) is 21.6. The van der Waals surface area contributed by atoms with Crippen molar-refractivity contribution in [1.29, 1.82) is 0 Å². The summed E-state index contributed by atoms with van der Waals surface area (Å²) < 4.78 is 10.9. The lowest BCUT2D eigenvalue weighted by molar-refractivity contribution is -0.135. The van der Waals surface area contributed by atoms with Crippen molar-refractivity contribution in [3.05, 3.63) is 132 Å². The molecule has 6 heteroatoms. The molecule has 0 unspecified atom stereocenters. The van der Waals surface area contributed by atoms with E-state index in [0.29, 0.717) is 35.2 Å². The van der Waals surface area contributed by atoms with E-state index in [1.807, 2.05) is 109 Å². The topological polar surface area (TPSA) is 68.7 Å². The molecular formula is C33H28N2O4. The summed E-state index contributed by atoms with van der Waals surface area (Å²) in [5, 5.41) is 0.664. The Morgan fingerprint density at radius 2 is 1.33 bits per heavy atom. The van der Waals surface area contributed by atoms with E-state index in [0.717, 1.165) is 22.4 Å². The normalized spacial score (nSPS) is 10.7. The SMILES string of the molecule is COc1ccc(-c2cc(C(=O)OCC(=O)N(Cc3ccccc3)Cc3ccccc3)c3ccccc3n2)cc1. The second kappa shape index (κ2) is 12.0. The predicted octanol–water partition coefficient (Wildman–Crippen LogP) is 6.30. The van der Waals surface area contributed by atoms with Gasteiger partial charge in [-0.1, -0.05) is 78.9 Å². The van der Waals surface area contributed by atoms with E-state index < -0.39 is 5.97 Å². The maximum atomic E-state index is 13.3. The lowest BCUT2D eigenvalue weighted by Crippen LogP contribution is -2.34. The van der Waals surface area contributed by atoms with Crippen LogP contribution >= 0.6 is 0 Å². The van der Waals surface area contributed by atoms with Gasteiger partial charge < -0.3 is 14.4 Å². The van der Waals surface area contributed by atoms with Crippen LogP contribution < -0.4 is 4.74 Å². The summed E-state index contributed by atoms with van der Waals surface area (Å²) in [5.74, 6) is -0.117. The molecule has 0 fully saturated rings. The van der Waals surface area contributed by atoms with E-state index in [-0.39, 0.29) is 12.5 Å². The number of nitrogens with zero attached hydrogens (tertiary/aromatic N) is 2. The highest BCUT2D eigenvalue weighted by Gasteiger charge is 2.20. The zero-order valence-electron chi connectivity index (χ0n) is 21.6. The molecule has 5 rings (SSSR count). The van der Waals surface area contributed by atoms with Crippen molar-refractivity contribution in [1.82, 2.24) is 9.88 Å². The fourth-order valence-electron chi connectivity index (χ4n) is 4.39. The van der Waals surface area contributed by atoms with Gasteiger partial charge in [-0.25, -0.2) is 9.78 Å². The molecular weight excluding hydrogens is 488 g/mol. The number of esters is 1. The lowest BCUT2D eigenvalue weighted by Gasteiger charge is -2.23. The summed E-state index contributed by atoms with van der Waals surface area (Å²) in [6, 6.07) is 36.1. The average molecular weight is 517 g/mol. The number of amides is 1. The molecule has 6 nitrogen and oxygen atoms in total. The maximum absolute atomic E-state index is 13.3. The number of carbonyl (C=O) groups is 2. The molecule has 0 radical (unpaired) electrons. The first-order chi connectivity index (χ1) is 19.1. The minimum atomic E-state index is -0.573. The van der Waals surface area contributed by atoms with Crippen LogP contribution in [0.4, 0.5) is 0 Å². The molecule has 0 bridgehead atoms. The molecule has 1 amide bonds. The number of aromatic nitrogens is 1. The number of ether oxygens (including phenoxy) is 2. The van der Waals surface area contributed by atoms with Gasteiger partial charge in [0.15, 0.2) is 6.61 Å². The summed E-state index contributed by atoms with van der Waals surface area (Å²) in [7, 11) is 1.61. The van der Waals surface area contributed by atoms with Gasteiger partial charge in [0.25, 0.3) is 5.91 Å². The van der Waals surface area contributed by atoms with Crippen LogP contribution in [0.5, 0.6) is 5.75 Å². The molecule has 0 atom stereocenters. The lowest BCUT2D eigenvalue weighted by atomic mass is 10.0. The molecule has 0 aliphatic heterocycles. The van der Waals surface area contributed by atoms with Gasteiger partial charge in [0.2, 0.25) is 0 Å². The zero-order chi connectivity index (χ0) is 27.0. The molecule has 194 valence electrons. The second-order valence-corrected chi connectivity index (χ2v) is 9.10. The Labute approximate surface area is 227 Å². The molecule has 5 aromatic rings. The van der Waals surface area contributed by atoms with Gasteiger partial charge in [0.1, 0.15) is 5.75 Å². The molecule has 0 aliphatic carbocycles. The molecule has 1 heterocycles. The van der Waals surface area contributed by atoms with Crippen molar-refractivity contribution in [2.75, 3.05) is 13.7 Å². The third-order valence-electron chi connectivity index (χ3n) is 6.43. The third-order valence-corrected chi connectivity index (χ3v) is 6.43. The van der Waals surface area contributed by atoms with Crippen molar-refractivity contribution < 1.29 is 19.1 Å². The largest absolute Gasteiger partial charge is 0.497 e. The van der Waals surface area contributed by atoms with Crippen molar-refractivity contribution in [3.63, 3.8) is 0 Å². The smallest absolute Gasteiger partial charge is 0.339 e. The van der Waals surface area contributed by atoms with Crippen LogP contribution in [0.1, 0.15) is 21.5 Å². The minimum Gasteiger partial charge on any atom is -0.497 e. The van der Waals surface area contributed by atoms with E-state index in [2.05, 4.69) is 0 Å². The number of methoxy groups -OCH3 is 1. The van der Waals surface area contributed by atoms with Crippen LogP contribution in [-0.4, -0.2) is 35.5 Å². The Hall–Kier alpha value is -4.97. The fourth-order valence-corrected chi connectivity index (χ4v) is 4.39. The molecule has 0 saturated heterocycles. The Morgan fingerprint density at radius 1 is 0.744 bits per heavy atom. The third kappa shape index (κ3) is 6.30. The number of benzene rings is 4. The van der Waals surface area contributed by atoms with Crippen LogP contribution in [-0.2, 0) is 22.6 Å². The molecule has 4 aromatic carbocycles. The van der Waals surface area contributed by atoms with Gasteiger partial charge >= 0.3 is 5.97 Å². The monoisotopic (exact) mass is 516 g/mol. The van der Waals surface area contributed by atoms with E-state index in [1.165, 1.54) is 0 Å². The molecule has 0 spiro atoms. The van der Waals surface area contributed by atoms with Crippen LogP contribution in [0.2, 0.25) is 0 Å². The highest BCUT2D eigenvalue weighted by molar-refractivity contribution is 6.05. The number of hydrogen-bond donors (Lipinski definition) is 0. The molecule has 1 aromatic heterocycles. The quantitative estimate of drug-likeness (QED) is 0.215. The standard InChI is InChI=1S/C33H28N2O4/c1-38-27-18-16-26(17-19-27)31-20-29(28-14-8-9-15-30(28)34-31)33(37)39-23-32(36)35(21-24-10-4-2-5-11-24)22-25-12-6-3-7-13-25/h2-20H,21-23H2,1H3. The highest BCUT2D eigenvalue weighted by Crippen LogP contribution is 2.27. The van der Waals surface area contributed by atoms with Crippen molar-refractivity contribution in [2.24, 2.45) is 0 Å². The highest BCUT2D eigenvalue weighted by atomic mass is 16.5. The first-order valence-electron chi connectivity index (χ1n) is 12.7. The van der Waals surface area contributed by atoms with Gasteiger partial charge in [0.05, 0.1) is 23.9 Å². The van der Waals surface area contributed by atoms with Crippen LogP contribution in [0.15, 0.2) is 115 Å². The summed E-state index contributed by atoms with van der Waals surface area (Å²) in [5.41, 5.74) is 4.48. The van der Waals surface area contributed by atoms with Crippen LogP contribution in [0, 0.1) is 0 Å². The minimum absolute atomic E-state index is 0.273. The Morgan fingerprint density at radius 3 is 1.95 bits per heavy atom. The van der Waals surface area contributed by atoms with E-state index >= 15 is 0 Å². The molecule has 0 aliphatic rings. The summed E-state index contributed by atoms with van der Waals surface area (Å²) in [6.07, 6.45) is 0. The number of rotatable bonds is 9. The van der Waals surface area contributed by atoms with E-state index in [1.54, 1.807) is 18.1 Å². The average Bonchev–Trinajstić information content (AvgIpc) is 3.00. The van der Waals surface area contributed by atoms with Gasteiger partial charge in [-0.05, 0) is 47.5 Å². The van der Waals surface area contributed by atoms with Gasteiger partial charge in [-0.2, -0.15) is 0 Å². The Bertz CT molecular complexity index is 1530. The summed E-state index contributed by atoms with van der Waals surface area (Å²) in [6.45, 7) is 0.449.